The molecule has 0 saturated carbocycles. The van der Waals surface area contributed by atoms with Gasteiger partial charge in [0.05, 0.1) is 10.6 Å². The molecule has 0 radical (unpaired) electrons. The summed E-state index contributed by atoms with van der Waals surface area (Å²) in [5, 5.41) is 19.0. The molecule has 2 N–H and O–H groups in total. The number of nitrogens with zero attached hydrogens (tertiary/aromatic N) is 1. The van der Waals surface area contributed by atoms with Crippen LogP contribution >= 0.6 is 24.0 Å². The smallest absolute Gasteiger partial charge is 0.270 e. The van der Waals surface area contributed by atoms with Gasteiger partial charge in [-0.15, -0.1) is 0 Å². The topological polar surface area (TPSA) is 60.8 Å². The minimum atomic E-state index is -0.228. The number of benzene rings is 2. The van der Waals surface area contributed by atoms with Gasteiger partial charge in [-0.2, -0.15) is 0 Å². The number of phenolic OH excluding ortho intramolecular Hbond substituents is 2. The zero-order chi connectivity index (χ0) is 17.4. The van der Waals surface area contributed by atoms with Crippen LogP contribution < -0.4 is 4.90 Å². The first kappa shape index (κ1) is 16.5. The molecule has 4 nitrogen and oxygen atoms in total. The van der Waals surface area contributed by atoms with E-state index in [1.54, 1.807) is 12.1 Å². The van der Waals surface area contributed by atoms with Crippen molar-refractivity contribution in [3.05, 3.63) is 58.0 Å². The van der Waals surface area contributed by atoms with Gasteiger partial charge < -0.3 is 10.2 Å². The van der Waals surface area contributed by atoms with Gasteiger partial charge in [0.2, 0.25) is 0 Å². The molecular weight excluding hydrogens is 342 g/mol. The molecule has 6 heteroatoms. The monoisotopic (exact) mass is 357 g/mol. The number of carbonyl (C=O) groups is 1. The van der Waals surface area contributed by atoms with Crippen molar-refractivity contribution in [3.63, 3.8) is 0 Å². The molecule has 0 bridgehead atoms. The Kier molecular flexibility index (Phi) is 4.34. The third kappa shape index (κ3) is 2.90. The summed E-state index contributed by atoms with van der Waals surface area (Å²) in [5.74, 6) is -0.616. The van der Waals surface area contributed by atoms with E-state index in [-0.39, 0.29) is 17.4 Å². The number of rotatable bonds is 2. The number of hydrogen-bond acceptors (Lipinski definition) is 5. The van der Waals surface area contributed by atoms with Crippen LogP contribution in [0, 0.1) is 13.8 Å². The van der Waals surface area contributed by atoms with E-state index >= 15 is 0 Å². The molecule has 0 atom stereocenters. The van der Waals surface area contributed by atoms with Crippen LogP contribution in [-0.4, -0.2) is 20.4 Å². The number of hydrogen-bond donors (Lipinski definition) is 2. The van der Waals surface area contributed by atoms with E-state index in [2.05, 4.69) is 0 Å². The van der Waals surface area contributed by atoms with Gasteiger partial charge in [-0.3, -0.25) is 9.69 Å². The maximum Gasteiger partial charge on any atom is 0.270 e. The van der Waals surface area contributed by atoms with E-state index in [0.717, 1.165) is 16.8 Å². The standard InChI is InChI=1S/C18H15NO3S2/c1-10-4-3-5-13(11(10)2)19-17(22)16(24-18(19)23)9-12-6-7-14(20)15(21)8-12/h3-9,20-21H,1-2H3. The zero-order valence-corrected chi connectivity index (χ0v) is 14.7. The largest absolute Gasteiger partial charge is 0.504 e. The highest BCUT2D eigenvalue weighted by molar-refractivity contribution is 8.27. The number of aryl methyl sites for hydroxylation is 1. The lowest BCUT2D eigenvalue weighted by Crippen LogP contribution is -2.28. The molecule has 0 aromatic heterocycles. The van der Waals surface area contributed by atoms with Crippen LogP contribution in [0.2, 0.25) is 0 Å². The van der Waals surface area contributed by atoms with Crippen LogP contribution in [0.3, 0.4) is 0 Å². The van der Waals surface area contributed by atoms with Crippen molar-refractivity contribution in [2.45, 2.75) is 13.8 Å². The van der Waals surface area contributed by atoms with Crippen LogP contribution in [0.1, 0.15) is 16.7 Å². The number of thioether (sulfide) groups is 1. The number of anilines is 1. The van der Waals surface area contributed by atoms with Crippen molar-refractivity contribution < 1.29 is 15.0 Å². The van der Waals surface area contributed by atoms with E-state index in [4.69, 9.17) is 12.2 Å². The SMILES string of the molecule is Cc1cccc(N2C(=O)C(=Cc3ccc(O)c(O)c3)SC2=S)c1C. The number of aromatic hydroxyl groups is 2. The molecule has 1 fully saturated rings. The Labute approximate surface area is 149 Å². The zero-order valence-electron chi connectivity index (χ0n) is 13.1. The van der Waals surface area contributed by atoms with Crippen molar-refractivity contribution in [1.29, 1.82) is 0 Å². The average Bonchev–Trinajstić information content (AvgIpc) is 2.80. The van der Waals surface area contributed by atoms with E-state index < -0.39 is 0 Å². The first-order chi connectivity index (χ1) is 11.4. The lowest BCUT2D eigenvalue weighted by atomic mass is 10.1. The van der Waals surface area contributed by atoms with Crippen molar-refractivity contribution in [1.82, 2.24) is 0 Å². The van der Waals surface area contributed by atoms with Crippen LogP contribution in [-0.2, 0) is 4.79 Å². The van der Waals surface area contributed by atoms with Gasteiger partial charge in [0.15, 0.2) is 15.8 Å². The summed E-state index contributed by atoms with van der Waals surface area (Å²) >= 11 is 6.60. The molecule has 122 valence electrons. The van der Waals surface area contributed by atoms with E-state index in [9.17, 15) is 15.0 Å². The number of phenols is 2. The maximum absolute atomic E-state index is 12.8. The van der Waals surface area contributed by atoms with E-state index in [1.807, 2.05) is 32.0 Å². The van der Waals surface area contributed by atoms with Crippen molar-refractivity contribution in [3.8, 4) is 11.5 Å². The number of thiocarbonyl (C=S) groups is 1. The van der Waals surface area contributed by atoms with Crippen LogP contribution in [0.4, 0.5) is 5.69 Å². The Balaban J connectivity index is 1.98. The fraction of sp³-hybridized carbons (Fsp3) is 0.111. The first-order valence-electron chi connectivity index (χ1n) is 7.24. The number of amides is 1. The number of carbonyl (C=O) groups excluding carboxylic acids is 1. The molecule has 1 aliphatic heterocycles. The minimum Gasteiger partial charge on any atom is -0.504 e. The highest BCUT2D eigenvalue weighted by Gasteiger charge is 2.34. The Bertz CT molecular complexity index is 890. The average molecular weight is 357 g/mol. The molecule has 3 rings (SSSR count). The molecule has 24 heavy (non-hydrogen) atoms. The highest BCUT2D eigenvalue weighted by Crippen LogP contribution is 2.38. The molecule has 2 aromatic rings. The van der Waals surface area contributed by atoms with Crippen LogP contribution in [0.5, 0.6) is 11.5 Å². The van der Waals surface area contributed by atoms with Gasteiger partial charge in [0, 0.05) is 0 Å². The Morgan fingerprint density at radius 1 is 1.12 bits per heavy atom. The summed E-state index contributed by atoms with van der Waals surface area (Å²) in [6.07, 6.45) is 1.66. The van der Waals surface area contributed by atoms with Gasteiger partial charge in [0.25, 0.3) is 5.91 Å². The summed E-state index contributed by atoms with van der Waals surface area (Å²) in [7, 11) is 0. The van der Waals surface area contributed by atoms with E-state index in [1.165, 1.54) is 28.8 Å². The quantitative estimate of drug-likeness (QED) is 0.481. The fourth-order valence-electron chi connectivity index (χ4n) is 2.43. The predicted octanol–water partition coefficient (Wildman–Crippen LogP) is 4.12. The van der Waals surface area contributed by atoms with Gasteiger partial charge in [-0.05, 0) is 54.8 Å². The van der Waals surface area contributed by atoms with Crippen molar-refractivity contribution in [2.75, 3.05) is 4.90 Å². The first-order valence-corrected chi connectivity index (χ1v) is 8.47. The fourth-order valence-corrected chi connectivity index (χ4v) is 3.72. The Morgan fingerprint density at radius 3 is 2.58 bits per heavy atom. The normalized spacial score (nSPS) is 16.2. The summed E-state index contributed by atoms with van der Waals surface area (Å²) in [6, 6.07) is 10.2. The van der Waals surface area contributed by atoms with Crippen molar-refractivity contribution in [2.24, 2.45) is 0 Å². The second-order valence-electron chi connectivity index (χ2n) is 5.48. The lowest BCUT2D eigenvalue weighted by molar-refractivity contribution is -0.113. The van der Waals surface area contributed by atoms with Crippen molar-refractivity contribution >= 4 is 46.0 Å². The molecule has 0 aliphatic carbocycles. The summed E-state index contributed by atoms with van der Waals surface area (Å²) in [5.41, 5.74) is 3.51. The third-order valence-electron chi connectivity index (χ3n) is 3.91. The van der Waals surface area contributed by atoms with Crippen LogP contribution in [0.15, 0.2) is 41.3 Å². The van der Waals surface area contributed by atoms with Gasteiger partial charge in [0.1, 0.15) is 0 Å². The maximum atomic E-state index is 12.8. The lowest BCUT2D eigenvalue weighted by Gasteiger charge is -2.18. The Hall–Kier alpha value is -2.31. The molecule has 0 spiro atoms. The summed E-state index contributed by atoms with van der Waals surface area (Å²) in [6.45, 7) is 3.95. The molecule has 2 aromatic carbocycles. The van der Waals surface area contributed by atoms with Gasteiger partial charge in [-0.25, -0.2) is 0 Å². The predicted molar refractivity (Wildman–Crippen MR) is 101 cm³/mol. The van der Waals surface area contributed by atoms with E-state index in [0.29, 0.717) is 14.8 Å². The minimum absolute atomic E-state index is 0.189. The highest BCUT2D eigenvalue weighted by atomic mass is 32.2. The second kappa shape index (κ2) is 6.30. The molecule has 1 saturated heterocycles. The second-order valence-corrected chi connectivity index (χ2v) is 7.16. The molecule has 1 heterocycles. The molecule has 0 unspecified atom stereocenters. The van der Waals surface area contributed by atoms with Gasteiger partial charge >= 0.3 is 0 Å². The molecular formula is C18H15NO3S2. The Morgan fingerprint density at radius 2 is 1.88 bits per heavy atom. The van der Waals surface area contributed by atoms with Crippen LogP contribution in [0.25, 0.3) is 6.08 Å². The molecule has 1 aliphatic rings. The third-order valence-corrected chi connectivity index (χ3v) is 5.21. The molecule has 1 amide bonds. The summed E-state index contributed by atoms with van der Waals surface area (Å²) < 4.78 is 0.475. The summed E-state index contributed by atoms with van der Waals surface area (Å²) in [4.78, 5) is 14.8. The van der Waals surface area contributed by atoms with Gasteiger partial charge in [-0.1, -0.05) is 42.2 Å².